The second kappa shape index (κ2) is 10.5. The van der Waals surface area contributed by atoms with E-state index in [9.17, 15) is 27.6 Å². The predicted molar refractivity (Wildman–Crippen MR) is 120 cm³/mol. The van der Waals surface area contributed by atoms with Crippen molar-refractivity contribution in [1.82, 2.24) is 10.3 Å². The van der Waals surface area contributed by atoms with E-state index in [1.807, 2.05) is 0 Å². The molecule has 0 unspecified atom stereocenters. The van der Waals surface area contributed by atoms with Gasteiger partial charge in [0.1, 0.15) is 11.4 Å². The molecule has 0 spiro atoms. The summed E-state index contributed by atoms with van der Waals surface area (Å²) in [5, 5.41) is 5.67. The molecule has 9 nitrogen and oxygen atoms in total. The Balaban J connectivity index is 1.63. The number of carbonyl (C=O) groups excluding carboxylic acids is 3. The lowest BCUT2D eigenvalue weighted by atomic mass is 10.1. The maximum atomic E-state index is 13.1. The maximum Gasteiger partial charge on any atom is 0.417 e. The molecule has 0 atom stereocenters. The van der Waals surface area contributed by atoms with Gasteiger partial charge in [-0.3, -0.25) is 0 Å². The van der Waals surface area contributed by atoms with Crippen LogP contribution in [-0.2, 0) is 17.3 Å². The van der Waals surface area contributed by atoms with Gasteiger partial charge in [-0.25, -0.2) is 19.4 Å². The first-order valence-electron chi connectivity index (χ1n) is 9.88. The van der Waals surface area contributed by atoms with E-state index < -0.39 is 34.9 Å². The second-order valence-corrected chi connectivity index (χ2v) is 7.53. The molecular weight excluding hydrogens is 493 g/mol. The minimum absolute atomic E-state index is 0.0285. The Morgan fingerprint density at radius 3 is 2.51 bits per heavy atom. The number of nitrogens with one attached hydrogen (secondary N) is 2. The highest BCUT2D eigenvalue weighted by molar-refractivity contribution is 6.31. The molecule has 0 aliphatic carbocycles. The third-order valence-electron chi connectivity index (χ3n) is 4.73. The van der Waals surface area contributed by atoms with Crippen molar-refractivity contribution in [3.63, 3.8) is 0 Å². The zero-order chi connectivity index (χ0) is 25.8. The fourth-order valence-electron chi connectivity index (χ4n) is 3.13. The molecule has 35 heavy (non-hydrogen) atoms. The van der Waals surface area contributed by atoms with Crippen molar-refractivity contribution in [3.05, 3.63) is 64.4 Å². The van der Waals surface area contributed by atoms with Crippen LogP contribution in [0.3, 0.4) is 0 Å². The van der Waals surface area contributed by atoms with Gasteiger partial charge in [0, 0.05) is 24.2 Å². The van der Waals surface area contributed by atoms with Gasteiger partial charge in [-0.05, 0) is 35.6 Å². The highest BCUT2D eigenvalue weighted by atomic mass is 35.5. The zero-order valence-corrected chi connectivity index (χ0v) is 18.8. The molecule has 3 aromatic rings. The van der Waals surface area contributed by atoms with E-state index in [4.69, 9.17) is 22.1 Å². The van der Waals surface area contributed by atoms with Crippen molar-refractivity contribution < 1.29 is 37.0 Å². The number of pyridine rings is 1. The van der Waals surface area contributed by atoms with Gasteiger partial charge in [0.05, 0.1) is 23.4 Å². The van der Waals surface area contributed by atoms with Gasteiger partial charge in [0.25, 0.3) is 0 Å². The lowest BCUT2D eigenvalue weighted by Crippen LogP contribution is -2.30. The summed E-state index contributed by atoms with van der Waals surface area (Å²) in [7, 11) is 1.24. The summed E-state index contributed by atoms with van der Waals surface area (Å²) in [6.45, 7) is 0.163. The molecule has 0 radical (unpaired) electrons. The lowest BCUT2D eigenvalue weighted by molar-refractivity contribution is -0.137. The highest BCUT2D eigenvalue weighted by Crippen LogP contribution is 2.40. The number of anilines is 1. The van der Waals surface area contributed by atoms with Crippen molar-refractivity contribution in [3.8, 4) is 5.75 Å². The van der Waals surface area contributed by atoms with E-state index in [-0.39, 0.29) is 23.7 Å². The number of ether oxygens (including phenoxy) is 2. The number of aromatic nitrogens is 1. The van der Waals surface area contributed by atoms with Crippen molar-refractivity contribution in [2.75, 3.05) is 19.0 Å². The van der Waals surface area contributed by atoms with E-state index in [2.05, 4.69) is 20.4 Å². The van der Waals surface area contributed by atoms with E-state index in [1.54, 1.807) is 18.2 Å². The summed E-state index contributed by atoms with van der Waals surface area (Å²) in [6.07, 6.45) is -4.13. The van der Waals surface area contributed by atoms with E-state index in [1.165, 1.54) is 19.4 Å². The summed E-state index contributed by atoms with van der Waals surface area (Å²) in [6, 6.07) is 7.62. The molecule has 1 aromatic heterocycles. The quantitative estimate of drug-likeness (QED) is 0.330. The van der Waals surface area contributed by atoms with Crippen LogP contribution in [0.25, 0.3) is 10.8 Å². The molecular formula is C22H18ClF3N4O5. The number of rotatable bonds is 6. The molecule has 0 bridgehead atoms. The van der Waals surface area contributed by atoms with Crippen LogP contribution < -0.4 is 21.1 Å². The zero-order valence-electron chi connectivity index (χ0n) is 18.0. The molecule has 0 aliphatic rings. The number of benzene rings is 2. The molecule has 4 N–H and O–H groups in total. The number of carbonyl (C=O) groups is 3. The molecule has 13 heteroatoms. The van der Waals surface area contributed by atoms with Gasteiger partial charge in [-0.2, -0.15) is 13.2 Å². The summed E-state index contributed by atoms with van der Waals surface area (Å²) in [4.78, 5) is 38.6. The summed E-state index contributed by atoms with van der Waals surface area (Å²) < 4.78 is 48.6. The molecule has 0 aliphatic heterocycles. The lowest BCUT2D eigenvalue weighted by Gasteiger charge is -2.15. The van der Waals surface area contributed by atoms with Crippen LogP contribution in [0.5, 0.6) is 5.75 Å². The molecule has 184 valence electrons. The summed E-state index contributed by atoms with van der Waals surface area (Å²) >= 11 is 5.66. The number of esters is 1. The monoisotopic (exact) mass is 510 g/mol. The topological polar surface area (TPSA) is 133 Å². The van der Waals surface area contributed by atoms with Gasteiger partial charge in [0.15, 0.2) is 0 Å². The first-order chi connectivity index (χ1) is 16.5. The molecule has 3 amide bonds. The van der Waals surface area contributed by atoms with E-state index in [0.717, 1.165) is 11.6 Å². The van der Waals surface area contributed by atoms with Crippen LogP contribution in [-0.4, -0.2) is 36.7 Å². The SMILES string of the molecule is COc1cc(Cl)c(C(F)(F)F)cc1NC(=O)NCCc1ccc2cc(C(=O)OC(N)=O)ncc2c1. The Morgan fingerprint density at radius 1 is 1.11 bits per heavy atom. The van der Waals surface area contributed by atoms with Crippen molar-refractivity contribution in [2.24, 2.45) is 5.73 Å². The molecule has 0 saturated carbocycles. The smallest absolute Gasteiger partial charge is 0.417 e. The van der Waals surface area contributed by atoms with Crippen LogP contribution in [0, 0.1) is 0 Å². The number of alkyl halides is 3. The number of halogens is 4. The van der Waals surface area contributed by atoms with Crippen molar-refractivity contribution in [1.29, 1.82) is 0 Å². The van der Waals surface area contributed by atoms with Gasteiger partial charge < -0.3 is 25.8 Å². The van der Waals surface area contributed by atoms with Crippen LogP contribution in [0.2, 0.25) is 5.02 Å². The van der Waals surface area contributed by atoms with Crippen LogP contribution >= 0.6 is 11.6 Å². The summed E-state index contributed by atoms with van der Waals surface area (Å²) in [5.41, 5.74) is 4.25. The van der Waals surface area contributed by atoms with Gasteiger partial charge in [-0.1, -0.05) is 23.7 Å². The number of hydrogen-bond donors (Lipinski definition) is 3. The molecule has 0 saturated heterocycles. The van der Waals surface area contributed by atoms with Crippen molar-refractivity contribution >= 4 is 46.2 Å². The van der Waals surface area contributed by atoms with E-state index in [0.29, 0.717) is 23.3 Å². The van der Waals surface area contributed by atoms with E-state index >= 15 is 0 Å². The number of amides is 3. The minimum atomic E-state index is -4.70. The van der Waals surface area contributed by atoms with Gasteiger partial charge in [0.2, 0.25) is 0 Å². The van der Waals surface area contributed by atoms with Crippen LogP contribution in [0.4, 0.5) is 28.4 Å². The summed E-state index contributed by atoms with van der Waals surface area (Å²) in [5.74, 6) is -1.00. The largest absolute Gasteiger partial charge is 0.495 e. The Hall–Kier alpha value is -4.06. The number of fused-ring (bicyclic) bond motifs is 1. The number of nitrogens with two attached hydrogens (primary N) is 1. The molecule has 1 heterocycles. The van der Waals surface area contributed by atoms with Gasteiger partial charge in [-0.15, -0.1) is 0 Å². The minimum Gasteiger partial charge on any atom is -0.495 e. The Kier molecular flexibility index (Phi) is 7.65. The van der Waals surface area contributed by atoms with Crippen molar-refractivity contribution in [2.45, 2.75) is 12.6 Å². The third-order valence-corrected chi connectivity index (χ3v) is 5.04. The normalized spacial score (nSPS) is 11.1. The number of primary amides is 1. The average molecular weight is 511 g/mol. The standard InChI is InChI=1S/C22H18ClF3N4O5/c1-34-18-9-15(23)14(22(24,25)26)8-16(18)30-21(33)28-5-4-11-2-3-12-7-17(19(31)35-20(27)32)29-10-13(12)6-11/h2-3,6-10H,4-5H2,1H3,(H2,27,32)(H2,28,30,33). The predicted octanol–water partition coefficient (Wildman–Crippen LogP) is 4.52. The third kappa shape index (κ3) is 6.51. The molecule has 3 rings (SSSR count). The van der Waals surface area contributed by atoms with Crippen LogP contribution in [0.1, 0.15) is 21.6 Å². The Morgan fingerprint density at radius 2 is 1.86 bits per heavy atom. The van der Waals surface area contributed by atoms with Gasteiger partial charge >= 0.3 is 24.3 Å². The fourth-order valence-corrected chi connectivity index (χ4v) is 3.39. The second-order valence-electron chi connectivity index (χ2n) is 7.12. The highest BCUT2D eigenvalue weighted by Gasteiger charge is 2.34. The number of hydrogen-bond acceptors (Lipinski definition) is 6. The number of urea groups is 1. The molecule has 2 aromatic carbocycles. The first-order valence-corrected chi connectivity index (χ1v) is 10.3. The fraction of sp³-hybridized carbons (Fsp3) is 0.182. The Labute approximate surface area is 201 Å². The average Bonchev–Trinajstić information content (AvgIpc) is 2.78. The molecule has 0 fully saturated rings. The number of nitrogens with zero attached hydrogens (tertiary/aromatic N) is 1. The first kappa shape index (κ1) is 25.6. The maximum absolute atomic E-state index is 13.1. The number of methoxy groups -OCH3 is 1. The Bertz CT molecular complexity index is 1300. The van der Waals surface area contributed by atoms with Crippen LogP contribution in [0.15, 0.2) is 42.6 Å².